The molecule has 1 saturated heterocycles. The minimum atomic E-state index is -1.90. The fraction of sp³-hybridized carbons (Fsp3) is 0.278. The number of carboxylic acid groups (broad SMARTS) is 1. The molecule has 10 nitrogen and oxygen atoms in total. The molecule has 5 atom stereocenters. The molecule has 1 aliphatic heterocycles. The lowest BCUT2D eigenvalue weighted by Gasteiger charge is -2.37. The Hall–Kier alpha value is -3.05. The predicted molar refractivity (Wildman–Crippen MR) is 91.8 cm³/mol. The van der Waals surface area contributed by atoms with Crippen molar-refractivity contribution < 1.29 is 39.5 Å². The molecule has 148 valence electrons. The zero-order chi connectivity index (χ0) is 20.4. The van der Waals surface area contributed by atoms with E-state index in [0.29, 0.717) is 5.69 Å². The third-order valence-corrected chi connectivity index (χ3v) is 4.22. The first-order valence-corrected chi connectivity index (χ1v) is 8.21. The highest BCUT2D eigenvalue weighted by Crippen LogP contribution is 2.23. The van der Waals surface area contributed by atoms with Crippen LogP contribution in [0.15, 0.2) is 53.5 Å². The van der Waals surface area contributed by atoms with Gasteiger partial charge in [0.05, 0.1) is 5.56 Å². The minimum absolute atomic E-state index is 0.0771. The van der Waals surface area contributed by atoms with Crippen LogP contribution in [0, 0.1) is 0 Å². The van der Waals surface area contributed by atoms with Crippen molar-refractivity contribution in [1.82, 2.24) is 4.57 Å². The Morgan fingerprint density at radius 1 is 0.964 bits per heavy atom. The van der Waals surface area contributed by atoms with Crippen LogP contribution in [0.3, 0.4) is 0 Å². The summed E-state index contributed by atoms with van der Waals surface area (Å²) in [5.41, 5.74) is 0.0218. The number of benzene rings is 1. The smallest absolute Gasteiger partial charge is 0.342 e. The molecule has 0 radical (unpaired) electrons. The number of esters is 1. The molecule has 1 aromatic heterocycles. The Morgan fingerprint density at radius 3 is 2.29 bits per heavy atom. The summed E-state index contributed by atoms with van der Waals surface area (Å²) in [6.07, 6.45) is -8.17. The lowest BCUT2D eigenvalue weighted by atomic mass is 9.99. The van der Waals surface area contributed by atoms with Gasteiger partial charge in [-0.3, -0.25) is 9.36 Å². The lowest BCUT2D eigenvalue weighted by molar-refractivity contribution is -0.278. The maximum absolute atomic E-state index is 12.4. The summed E-state index contributed by atoms with van der Waals surface area (Å²) in [5, 5.41) is 38.4. The van der Waals surface area contributed by atoms with E-state index in [0.717, 1.165) is 6.07 Å². The van der Waals surface area contributed by atoms with E-state index in [-0.39, 0.29) is 5.56 Å². The predicted octanol–water partition coefficient (Wildman–Crippen LogP) is -1.11. The molecule has 0 bridgehead atoms. The van der Waals surface area contributed by atoms with E-state index in [1.807, 2.05) is 0 Å². The van der Waals surface area contributed by atoms with E-state index >= 15 is 0 Å². The largest absolute Gasteiger partial charge is 0.479 e. The van der Waals surface area contributed by atoms with Crippen LogP contribution in [0.1, 0.15) is 10.4 Å². The second kappa shape index (κ2) is 7.90. The van der Waals surface area contributed by atoms with Crippen molar-refractivity contribution in [3.8, 4) is 5.69 Å². The van der Waals surface area contributed by atoms with Gasteiger partial charge in [0, 0.05) is 18.0 Å². The third kappa shape index (κ3) is 3.80. The molecule has 0 spiro atoms. The Labute approximate surface area is 157 Å². The van der Waals surface area contributed by atoms with Crippen LogP contribution < -0.4 is 5.56 Å². The number of aliphatic hydroxyl groups excluding tert-OH is 3. The summed E-state index contributed by atoms with van der Waals surface area (Å²) >= 11 is 0. The summed E-state index contributed by atoms with van der Waals surface area (Å²) in [5.74, 6) is -2.63. The number of carbonyl (C=O) groups is 2. The highest BCUT2D eigenvalue weighted by atomic mass is 16.7. The fourth-order valence-electron chi connectivity index (χ4n) is 2.72. The number of nitrogens with zero attached hydrogens (tertiary/aromatic N) is 1. The molecule has 0 amide bonds. The molecule has 4 N–H and O–H groups in total. The van der Waals surface area contributed by atoms with Gasteiger partial charge in [-0.1, -0.05) is 18.2 Å². The van der Waals surface area contributed by atoms with Gasteiger partial charge in [0.15, 0.2) is 6.10 Å². The van der Waals surface area contributed by atoms with E-state index in [4.69, 9.17) is 14.6 Å². The number of pyridine rings is 1. The number of aromatic nitrogens is 1. The number of carboxylic acids is 1. The van der Waals surface area contributed by atoms with Gasteiger partial charge in [0.25, 0.3) is 5.56 Å². The van der Waals surface area contributed by atoms with Crippen LogP contribution in [-0.4, -0.2) is 67.6 Å². The molecule has 1 fully saturated rings. The van der Waals surface area contributed by atoms with Crippen LogP contribution in [0.4, 0.5) is 0 Å². The van der Waals surface area contributed by atoms with E-state index in [9.17, 15) is 29.7 Å². The minimum Gasteiger partial charge on any atom is -0.479 e. The van der Waals surface area contributed by atoms with Crippen molar-refractivity contribution in [3.05, 3.63) is 64.6 Å². The van der Waals surface area contributed by atoms with Crippen molar-refractivity contribution in [2.75, 3.05) is 0 Å². The fourth-order valence-corrected chi connectivity index (χ4v) is 2.72. The van der Waals surface area contributed by atoms with Crippen LogP contribution in [-0.2, 0) is 14.3 Å². The normalized spacial score (nSPS) is 27.2. The standard InChI is InChI=1S/C18H17NO9/c20-11-7-6-9(8-19(11)10-4-2-1-3-5-10)17(26)28-18-14(23)12(21)13(22)15(27-18)16(24)25/h1-8,12-15,18,21-23H,(H,24,25)/t12-,13-,14-,15?,18-/m0/s1. The number of para-hydroxylation sites is 1. The number of aliphatic hydroxyl groups is 3. The van der Waals surface area contributed by atoms with E-state index in [2.05, 4.69) is 0 Å². The topological polar surface area (TPSA) is 156 Å². The molecule has 10 heteroatoms. The van der Waals surface area contributed by atoms with Crippen LogP contribution in [0.2, 0.25) is 0 Å². The molecular weight excluding hydrogens is 374 g/mol. The van der Waals surface area contributed by atoms with Crippen LogP contribution >= 0.6 is 0 Å². The van der Waals surface area contributed by atoms with Gasteiger partial charge in [-0.05, 0) is 18.2 Å². The first-order valence-electron chi connectivity index (χ1n) is 8.21. The van der Waals surface area contributed by atoms with Crippen molar-refractivity contribution in [1.29, 1.82) is 0 Å². The Kier molecular flexibility index (Phi) is 5.56. The number of ether oxygens (including phenoxy) is 2. The summed E-state index contributed by atoms with van der Waals surface area (Å²) in [7, 11) is 0. The molecule has 0 aliphatic carbocycles. The number of hydrogen-bond donors (Lipinski definition) is 4. The molecule has 3 rings (SSSR count). The lowest BCUT2D eigenvalue weighted by Crippen LogP contribution is -2.60. The van der Waals surface area contributed by atoms with Crippen molar-refractivity contribution in [2.24, 2.45) is 0 Å². The quantitative estimate of drug-likeness (QED) is 0.475. The highest BCUT2D eigenvalue weighted by molar-refractivity contribution is 5.89. The number of hydrogen-bond acceptors (Lipinski definition) is 8. The zero-order valence-electron chi connectivity index (χ0n) is 14.3. The first-order chi connectivity index (χ1) is 13.3. The van der Waals surface area contributed by atoms with Gasteiger partial charge in [0.1, 0.15) is 18.3 Å². The second-order valence-corrected chi connectivity index (χ2v) is 6.10. The summed E-state index contributed by atoms with van der Waals surface area (Å²) in [4.78, 5) is 35.6. The van der Waals surface area contributed by atoms with E-state index < -0.39 is 48.2 Å². The van der Waals surface area contributed by atoms with Gasteiger partial charge in [-0.15, -0.1) is 0 Å². The van der Waals surface area contributed by atoms with Crippen molar-refractivity contribution in [2.45, 2.75) is 30.7 Å². The second-order valence-electron chi connectivity index (χ2n) is 6.10. The summed E-state index contributed by atoms with van der Waals surface area (Å²) < 4.78 is 11.1. The number of rotatable bonds is 4. The van der Waals surface area contributed by atoms with E-state index in [1.165, 1.54) is 16.8 Å². The van der Waals surface area contributed by atoms with Gasteiger partial charge in [-0.25, -0.2) is 9.59 Å². The van der Waals surface area contributed by atoms with Crippen molar-refractivity contribution >= 4 is 11.9 Å². The summed E-state index contributed by atoms with van der Waals surface area (Å²) in [6.45, 7) is 0. The Bertz CT molecular complexity index is 926. The maximum Gasteiger partial charge on any atom is 0.342 e. The molecule has 2 aromatic rings. The van der Waals surface area contributed by atoms with Crippen molar-refractivity contribution in [3.63, 3.8) is 0 Å². The Balaban J connectivity index is 1.83. The summed E-state index contributed by atoms with van der Waals surface area (Å²) in [6, 6.07) is 10.8. The van der Waals surface area contributed by atoms with Gasteiger partial charge in [-0.2, -0.15) is 0 Å². The first kappa shape index (κ1) is 19.7. The zero-order valence-corrected chi connectivity index (χ0v) is 14.3. The average Bonchev–Trinajstić information content (AvgIpc) is 2.69. The molecular formula is C18H17NO9. The molecule has 1 aliphatic rings. The highest BCUT2D eigenvalue weighted by Gasteiger charge is 2.48. The molecule has 1 unspecified atom stereocenters. The number of aliphatic carboxylic acids is 1. The maximum atomic E-state index is 12.4. The van der Waals surface area contributed by atoms with Gasteiger partial charge < -0.3 is 29.9 Å². The Morgan fingerprint density at radius 2 is 1.64 bits per heavy atom. The van der Waals surface area contributed by atoms with Crippen LogP contribution in [0.5, 0.6) is 0 Å². The van der Waals surface area contributed by atoms with Gasteiger partial charge in [0.2, 0.25) is 6.29 Å². The SMILES string of the molecule is O=C(O[C@@H]1OC(C(=O)O)[C@@H](O)[C@H](O)[C@@H]1O)c1ccc(=O)n(-c2ccccc2)c1. The molecule has 28 heavy (non-hydrogen) atoms. The number of carbonyl (C=O) groups excluding carboxylic acids is 1. The third-order valence-electron chi connectivity index (χ3n) is 4.22. The van der Waals surface area contributed by atoms with Gasteiger partial charge >= 0.3 is 11.9 Å². The molecule has 2 heterocycles. The van der Waals surface area contributed by atoms with E-state index in [1.54, 1.807) is 30.3 Å². The molecule has 0 saturated carbocycles. The average molecular weight is 391 g/mol. The molecule has 1 aromatic carbocycles. The van der Waals surface area contributed by atoms with Crippen LogP contribution in [0.25, 0.3) is 5.69 Å². The monoisotopic (exact) mass is 391 g/mol.